The Kier molecular flexibility index (Phi) is 4.60. The van der Waals surface area contributed by atoms with Gasteiger partial charge in [0.2, 0.25) is 0 Å². The number of ether oxygens (including phenoxy) is 1. The van der Waals surface area contributed by atoms with E-state index in [9.17, 15) is 18.0 Å². The molecule has 0 spiro atoms. The summed E-state index contributed by atoms with van der Waals surface area (Å²) >= 11 is 0. The van der Waals surface area contributed by atoms with Crippen LogP contribution in [-0.2, 0) is 22.1 Å². The average Bonchev–Trinajstić information content (AvgIpc) is 2.89. The van der Waals surface area contributed by atoms with Gasteiger partial charge in [-0.25, -0.2) is 4.79 Å². The van der Waals surface area contributed by atoms with Gasteiger partial charge in [0.05, 0.1) is 5.56 Å². The summed E-state index contributed by atoms with van der Waals surface area (Å²) in [6, 6.07) is 3.85. The highest BCUT2D eigenvalue weighted by atomic mass is 19.4. The maximum Gasteiger partial charge on any atom is 0.416 e. The normalized spacial score (nSPS) is 19.8. The number of halogens is 3. The van der Waals surface area contributed by atoms with Crippen LogP contribution in [0.2, 0.25) is 0 Å². The minimum Gasteiger partial charge on any atom is -0.455 e. The lowest BCUT2D eigenvalue weighted by atomic mass is 9.82. The molecule has 1 aromatic carbocycles. The molecular weight excluding hydrogens is 305 g/mol. The number of carbonyl (C=O) groups excluding carboxylic acids is 1. The molecule has 0 bridgehead atoms. The highest BCUT2D eigenvalue weighted by Gasteiger charge is 2.42. The van der Waals surface area contributed by atoms with E-state index in [4.69, 9.17) is 4.74 Å². The maximum absolute atomic E-state index is 12.8. The fraction of sp³-hybridized carbons (Fsp3) is 0.500. The minimum absolute atomic E-state index is 0.104. The number of alkyl halides is 3. The molecule has 126 valence electrons. The number of hydrogen-bond donors (Lipinski definition) is 0. The molecule has 0 radical (unpaired) electrons. The van der Waals surface area contributed by atoms with Crippen molar-refractivity contribution < 1.29 is 22.7 Å². The maximum atomic E-state index is 12.8. The van der Waals surface area contributed by atoms with Crippen LogP contribution in [0.15, 0.2) is 30.4 Å². The summed E-state index contributed by atoms with van der Waals surface area (Å²) in [6.07, 6.45) is -2.53. The molecule has 23 heavy (non-hydrogen) atoms. The second kappa shape index (κ2) is 6.02. The van der Waals surface area contributed by atoms with Crippen molar-refractivity contribution in [3.8, 4) is 0 Å². The lowest BCUT2D eigenvalue weighted by Gasteiger charge is -2.35. The van der Waals surface area contributed by atoms with Crippen molar-refractivity contribution in [2.45, 2.75) is 57.7 Å². The summed E-state index contributed by atoms with van der Waals surface area (Å²) in [5, 5.41) is 0. The fourth-order valence-electron chi connectivity index (χ4n) is 3.12. The Balaban J connectivity index is 2.34. The smallest absolute Gasteiger partial charge is 0.416 e. The molecular formula is C18H21F3O2. The standard InChI is InChI=1S/C18H21F3O2/c1-5-17(4,23-16(22)11(2)3)15-9-6-12-10-13(18(19,20)21)7-8-14(12)15/h7-8,10,15H,2,5-6,9H2,1,3-4H3. The number of benzene rings is 1. The lowest BCUT2D eigenvalue weighted by molar-refractivity contribution is -0.156. The first-order valence-electron chi connectivity index (χ1n) is 7.67. The van der Waals surface area contributed by atoms with E-state index < -0.39 is 23.3 Å². The summed E-state index contributed by atoms with van der Waals surface area (Å²) < 4.78 is 44.1. The topological polar surface area (TPSA) is 26.3 Å². The first-order chi connectivity index (χ1) is 10.6. The number of hydrogen-bond acceptors (Lipinski definition) is 2. The van der Waals surface area contributed by atoms with Gasteiger partial charge in [0.15, 0.2) is 0 Å². The summed E-state index contributed by atoms with van der Waals surface area (Å²) in [5.74, 6) is -0.567. The van der Waals surface area contributed by atoms with Crippen LogP contribution in [0, 0.1) is 0 Å². The Morgan fingerprint density at radius 3 is 2.57 bits per heavy atom. The van der Waals surface area contributed by atoms with Crippen LogP contribution in [0.25, 0.3) is 0 Å². The molecule has 0 saturated heterocycles. The zero-order chi connectivity index (χ0) is 17.4. The molecule has 0 aromatic heterocycles. The molecule has 2 rings (SSSR count). The van der Waals surface area contributed by atoms with Crippen molar-refractivity contribution >= 4 is 5.97 Å². The molecule has 0 aliphatic heterocycles. The Morgan fingerprint density at radius 2 is 2.04 bits per heavy atom. The van der Waals surface area contributed by atoms with E-state index in [0.717, 1.165) is 11.6 Å². The Hall–Kier alpha value is -1.78. The third-order valence-electron chi connectivity index (χ3n) is 4.66. The van der Waals surface area contributed by atoms with Crippen molar-refractivity contribution in [1.82, 2.24) is 0 Å². The van der Waals surface area contributed by atoms with Gasteiger partial charge in [-0.1, -0.05) is 19.6 Å². The molecule has 2 atom stereocenters. The van der Waals surface area contributed by atoms with E-state index in [1.807, 2.05) is 13.8 Å². The van der Waals surface area contributed by atoms with Crippen molar-refractivity contribution in [3.05, 3.63) is 47.0 Å². The van der Waals surface area contributed by atoms with Crippen molar-refractivity contribution in [2.75, 3.05) is 0 Å². The SMILES string of the molecule is C=C(C)C(=O)OC(C)(CC)C1CCc2cc(C(F)(F)F)ccc21. The van der Waals surface area contributed by atoms with Gasteiger partial charge in [0.1, 0.15) is 5.60 Å². The average molecular weight is 326 g/mol. The number of aryl methyl sites for hydroxylation is 1. The van der Waals surface area contributed by atoms with Crippen LogP contribution in [0.1, 0.15) is 56.2 Å². The summed E-state index contributed by atoms with van der Waals surface area (Å²) in [5.41, 5.74) is 0.471. The fourth-order valence-corrected chi connectivity index (χ4v) is 3.12. The summed E-state index contributed by atoms with van der Waals surface area (Å²) in [6.45, 7) is 8.91. The van der Waals surface area contributed by atoms with Crippen LogP contribution < -0.4 is 0 Å². The van der Waals surface area contributed by atoms with Crippen LogP contribution in [0.3, 0.4) is 0 Å². The van der Waals surface area contributed by atoms with Crippen molar-refractivity contribution in [1.29, 1.82) is 0 Å². The number of esters is 1. The van der Waals surface area contributed by atoms with Gasteiger partial charge >= 0.3 is 12.1 Å². The summed E-state index contributed by atoms with van der Waals surface area (Å²) in [4.78, 5) is 11.9. The van der Waals surface area contributed by atoms with Crippen LogP contribution in [0.5, 0.6) is 0 Å². The largest absolute Gasteiger partial charge is 0.455 e. The van der Waals surface area contributed by atoms with Crippen molar-refractivity contribution in [2.24, 2.45) is 0 Å². The molecule has 0 fully saturated rings. The number of rotatable bonds is 4. The van der Waals surface area contributed by atoms with Gasteiger partial charge in [0.25, 0.3) is 0 Å². The third-order valence-corrected chi connectivity index (χ3v) is 4.66. The molecule has 0 heterocycles. The van der Waals surface area contributed by atoms with Gasteiger partial charge in [-0.2, -0.15) is 13.2 Å². The predicted molar refractivity (Wildman–Crippen MR) is 82.1 cm³/mol. The van der Waals surface area contributed by atoms with Crippen LogP contribution in [0.4, 0.5) is 13.2 Å². The van der Waals surface area contributed by atoms with Gasteiger partial charge in [-0.3, -0.25) is 0 Å². The van der Waals surface area contributed by atoms with E-state index in [1.165, 1.54) is 12.1 Å². The molecule has 0 saturated carbocycles. The first-order valence-corrected chi connectivity index (χ1v) is 7.67. The molecule has 1 aliphatic carbocycles. The summed E-state index contributed by atoms with van der Waals surface area (Å²) in [7, 11) is 0. The number of carbonyl (C=O) groups is 1. The van der Waals surface area contributed by atoms with Crippen LogP contribution >= 0.6 is 0 Å². The third kappa shape index (κ3) is 3.43. The van der Waals surface area contributed by atoms with E-state index in [2.05, 4.69) is 6.58 Å². The zero-order valence-corrected chi connectivity index (χ0v) is 13.6. The van der Waals surface area contributed by atoms with Gasteiger partial charge in [-0.15, -0.1) is 0 Å². The van der Waals surface area contributed by atoms with Gasteiger partial charge < -0.3 is 4.74 Å². The van der Waals surface area contributed by atoms with Gasteiger partial charge in [0, 0.05) is 11.5 Å². The highest BCUT2D eigenvalue weighted by molar-refractivity contribution is 5.87. The molecule has 2 unspecified atom stereocenters. The second-order valence-corrected chi connectivity index (χ2v) is 6.34. The van der Waals surface area contributed by atoms with E-state index in [0.29, 0.717) is 30.4 Å². The minimum atomic E-state index is -4.34. The zero-order valence-electron chi connectivity index (χ0n) is 13.6. The second-order valence-electron chi connectivity index (χ2n) is 6.34. The van der Waals surface area contributed by atoms with Crippen LogP contribution in [-0.4, -0.2) is 11.6 Å². The Labute approximate surface area is 134 Å². The molecule has 1 aromatic rings. The lowest BCUT2D eigenvalue weighted by Crippen LogP contribution is -2.37. The quantitative estimate of drug-likeness (QED) is 0.573. The van der Waals surface area contributed by atoms with Gasteiger partial charge in [-0.05, 0) is 56.4 Å². The Bertz CT molecular complexity index is 634. The van der Waals surface area contributed by atoms with E-state index in [1.54, 1.807) is 6.92 Å². The predicted octanol–water partition coefficient (Wildman–Crippen LogP) is 5.02. The first kappa shape index (κ1) is 17.6. The molecule has 1 aliphatic rings. The monoisotopic (exact) mass is 326 g/mol. The highest BCUT2D eigenvalue weighted by Crippen LogP contribution is 2.45. The number of fused-ring (bicyclic) bond motifs is 1. The molecule has 5 heteroatoms. The van der Waals surface area contributed by atoms with E-state index in [-0.39, 0.29) is 5.92 Å². The van der Waals surface area contributed by atoms with Crippen molar-refractivity contribution in [3.63, 3.8) is 0 Å². The molecule has 2 nitrogen and oxygen atoms in total. The molecule has 0 amide bonds. The Morgan fingerprint density at radius 1 is 1.39 bits per heavy atom. The van der Waals surface area contributed by atoms with E-state index >= 15 is 0 Å². The molecule has 0 N–H and O–H groups in total.